The molecule has 2 heterocycles. The van der Waals surface area contributed by atoms with Crippen molar-refractivity contribution in [3.8, 4) is 0 Å². The standard InChI is InChI=1S/C18H20ClN3O6S2/c1-5-7-30(26,27)18-20-8-11(19)13(21-18)15(24)22-16-12(17(25)28-6-2)9(3)14(29-16)10(4)23/h8H,5-7H2,1-4H3,(H,22,24). The molecule has 0 aromatic carbocycles. The number of amides is 1. The van der Waals surface area contributed by atoms with Gasteiger partial charge in [-0.1, -0.05) is 18.5 Å². The van der Waals surface area contributed by atoms with Crippen LogP contribution in [0, 0.1) is 6.92 Å². The number of hydrogen-bond acceptors (Lipinski definition) is 9. The van der Waals surface area contributed by atoms with Crippen molar-refractivity contribution in [2.45, 2.75) is 39.3 Å². The molecule has 9 nitrogen and oxygen atoms in total. The Morgan fingerprint density at radius 1 is 1.27 bits per heavy atom. The molecule has 2 aromatic rings. The predicted molar refractivity (Wildman–Crippen MR) is 112 cm³/mol. The maximum absolute atomic E-state index is 12.8. The van der Waals surface area contributed by atoms with Gasteiger partial charge in [0, 0.05) is 0 Å². The molecule has 2 rings (SSSR count). The van der Waals surface area contributed by atoms with E-state index < -0.39 is 26.9 Å². The largest absolute Gasteiger partial charge is 0.462 e. The van der Waals surface area contributed by atoms with Crippen LogP contribution < -0.4 is 5.32 Å². The highest BCUT2D eigenvalue weighted by Gasteiger charge is 2.27. The van der Waals surface area contributed by atoms with Gasteiger partial charge < -0.3 is 10.1 Å². The normalized spacial score (nSPS) is 11.2. The molecule has 1 N–H and O–H groups in total. The van der Waals surface area contributed by atoms with E-state index in [2.05, 4.69) is 15.3 Å². The zero-order chi connectivity index (χ0) is 22.6. The Bertz CT molecular complexity index is 1110. The lowest BCUT2D eigenvalue weighted by molar-refractivity contribution is 0.0527. The molecule has 0 bridgehead atoms. The zero-order valence-electron chi connectivity index (χ0n) is 16.7. The Balaban J connectivity index is 2.49. The first-order chi connectivity index (χ1) is 14.0. The fraction of sp³-hybridized carbons (Fsp3) is 0.389. The topological polar surface area (TPSA) is 132 Å². The van der Waals surface area contributed by atoms with Crippen molar-refractivity contribution >= 4 is 55.4 Å². The number of Topliss-reactive ketones (excluding diaryl/α,β-unsaturated/α-hetero) is 1. The number of esters is 1. The van der Waals surface area contributed by atoms with E-state index in [4.69, 9.17) is 16.3 Å². The third-order valence-corrected chi connectivity index (χ3v) is 7.14. The van der Waals surface area contributed by atoms with E-state index in [9.17, 15) is 22.8 Å². The number of rotatable bonds is 8. The number of sulfone groups is 1. The number of hydrogen-bond donors (Lipinski definition) is 1. The van der Waals surface area contributed by atoms with Gasteiger partial charge in [-0.15, -0.1) is 11.3 Å². The van der Waals surface area contributed by atoms with Gasteiger partial charge in [-0.05, 0) is 32.8 Å². The summed E-state index contributed by atoms with van der Waals surface area (Å²) in [6.45, 7) is 6.33. The van der Waals surface area contributed by atoms with Crippen LogP contribution in [0.4, 0.5) is 5.00 Å². The van der Waals surface area contributed by atoms with Gasteiger partial charge in [-0.25, -0.2) is 23.2 Å². The van der Waals surface area contributed by atoms with Crippen LogP contribution in [0.2, 0.25) is 5.02 Å². The number of nitrogens with one attached hydrogen (secondary N) is 1. The molecule has 30 heavy (non-hydrogen) atoms. The van der Waals surface area contributed by atoms with Crippen molar-refractivity contribution < 1.29 is 27.5 Å². The molecule has 0 fully saturated rings. The Labute approximate surface area is 182 Å². The molecular formula is C18H20ClN3O6S2. The van der Waals surface area contributed by atoms with Crippen molar-refractivity contribution in [3.63, 3.8) is 0 Å². The van der Waals surface area contributed by atoms with Gasteiger partial charge in [0.2, 0.25) is 15.0 Å². The molecule has 0 spiro atoms. The van der Waals surface area contributed by atoms with Crippen LogP contribution in [0.5, 0.6) is 0 Å². The minimum absolute atomic E-state index is 0.0457. The van der Waals surface area contributed by atoms with Gasteiger partial charge in [0.15, 0.2) is 11.5 Å². The number of nitrogens with zero attached hydrogens (tertiary/aromatic N) is 2. The molecule has 0 saturated heterocycles. The van der Waals surface area contributed by atoms with Gasteiger partial charge in [-0.2, -0.15) is 0 Å². The number of anilines is 1. The summed E-state index contributed by atoms with van der Waals surface area (Å²) in [5.74, 6) is -2.02. The second kappa shape index (κ2) is 9.63. The first-order valence-electron chi connectivity index (χ1n) is 8.91. The quantitative estimate of drug-likeness (QED) is 0.350. The van der Waals surface area contributed by atoms with Gasteiger partial charge >= 0.3 is 5.97 Å². The summed E-state index contributed by atoms with van der Waals surface area (Å²) in [7, 11) is -3.78. The van der Waals surface area contributed by atoms with Crippen LogP contribution in [0.3, 0.4) is 0 Å². The average molecular weight is 474 g/mol. The van der Waals surface area contributed by atoms with Gasteiger partial charge in [-0.3, -0.25) is 9.59 Å². The van der Waals surface area contributed by atoms with E-state index in [1.807, 2.05) is 0 Å². The molecule has 0 saturated carbocycles. The Morgan fingerprint density at radius 2 is 1.93 bits per heavy atom. The lowest BCUT2D eigenvalue weighted by Crippen LogP contribution is -2.19. The third kappa shape index (κ3) is 5.02. The highest BCUT2D eigenvalue weighted by molar-refractivity contribution is 7.91. The van der Waals surface area contributed by atoms with Crippen molar-refractivity contribution in [2.75, 3.05) is 17.7 Å². The predicted octanol–water partition coefficient (Wildman–Crippen LogP) is 3.32. The SMILES string of the molecule is CCCS(=O)(=O)c1ncc(Cl)c(C(=O)Nc2sc(C(C)=O)c(C)c2C(=O)OCC)n1. The molecule has 0 unspecified atom stereocenters. The Hall–Kier alpha value is -2.37. The first kappa shape index (κ1) is 23.9. The summed E-state index contributed by atoms with van der Waals surface area (Å²) >= 11 is 6.91. The summed E-state index contributed by atoms with van der Waals surface area (Å²) in [5, 5.41) is 1.88. The molecule has 0 radical (unpaired) electrons. The maximum atomic E-state index is 12.8. The van der Waals surface area contributed by atoms with E-state index in [0.29, 0.717) is 12.0 Å². The van der Waals surface area contributed by atoms with E-state index in [0.717, 1.165) is 17.5 Å². The summed E-state index contributed by atoms with van der Waals surface area (Å²) in [6.07, 6.45) is 1.37. The zero-order valence-corrected chi connectivity index (χ0v) is 19.1. The summed E-state index contributed by atoms with van der Waals surface area (Å²) in [5.41, 5.74) is 0.0530. The van der Waals surface area contributed by atoms with E-state index in [1.54, 1.807) is 20.8 Å². The molecule has 0 aliphatic carbocycles. The Morgan fingerprint density at radius 3 is 2.50 bits per heavy atom. The van der Waals surface area contributed by atoms with Crippen molar-refractivity contribution in [1.82, 2.24) is 9.97 Å². The van der Waals surface area contributed by atoms with Crippen LogP contribution in [0.1, 0.15) is 63.3 Å². The molecule has 162 valence electrons. The maximum Gasteiger partial charge on any atom is 0.341 e. The average Bonchev–Trinajstić information content (AvgIpc) is 2.98. The number of halogens is 1. The molecular weight excluding hydrogens is 454 g/mol. The minimum atomic E-state index is -3.78. The fourth-order valence-corrected chi connectivity index (χ4v) is 4.99. The molecule has 0 aliphatic rings. The number of ether oxygens (including phenoxy) is 1. The molecule has 0 aliphatic heterocycles. The number of aromatic nitrogens is 2. The van der Waals surface area contributed by atoms with Gasteiger partial charge in [0.25, 0.3) is 5.91 Å². The van der Waals surface area contributed by atoms with E-state index in [-0.39, 0.29) is 44.3 Å². The third-order valence-electron chi connectivity index (χ3n) is 3.86. The molecule has 2 aromatic heterocycles. The van der Waals surface area contributed by atoms with Crippen molar-refractivity contribution in [1.29, 1.82) is 0 Å². The highest BCUT2D eigenvalue weighted by Crippen LogP contribution is 2.34. The lowest BCUT2D eigenvalue weighted by Gasteiger charge is -2.09. The van der Waals surface area contributed by atoms with Crippen molar-refractivity contribution in [2.24, 2.45) is 0 Å². The molecule has 1 amide bonds. The highest BCUT2D eigenvalue weighted by atomic mass is 35.5. The van der Waals surface area contributed by atoms with Crippen molar-refractivity contribution in [3.05, 3.63) is 32.9 Å². The smallest absolute Gasteiger partial charge is 0.341 e. The lowest BCUT2D eigenvalue weighted by atomic mass is 10.1. The van der Waals surface area contributed by atoms with Crippen LogP contribution >= 0.6 is 22.9 Å². The summed E-state index contributed by atoms with van der Waals surface area (Å²) < 4.78 is 29.5. The molecule has 0 atom stereocenters. The van der Waals surface area contributed by atoms with Crippen LogP contribution in [0.15, 0.2) is 11.4 Å². The number of ketones is 1. The van der Waals surface area contributed by atoms with Crippen LogP contribution in [-0.2, 0) is 14.6 Å². The molecule has 12 heteroatoms. The number of carbonyl (C=O) groups excluding carboxylic acids is 3. The number of thiophene rings is 1. The van der Waals surface area contributed by atoms with E-state index >= 15 is 0 Å². The number of carbonyl (C=O) groups is 3. The second-order valence-corrected chi connectivity index (χ2v) is 9.59. The summed E-state index contributed by atoms with van der Waals surface area (Å²) in [6, 6.07) is 0. The summed E-state index contributed by atoms with van der Waals surface area (Å²) in [4.78, 5) is 44.8. The van der Waals surface area contributed by atoms with Gasteiger partial charge in [0.1, 0.15) is 5.00 Å². The Kier molecular flexibility index (Phi) is 7.67. The second-order valence-electron chi connectivity index (χ2n) is 6.16. The minimum Gasteiger partial charge on any atom is -0.462 e. The van der Waals surface area contributed by atoms with E-state index in [1.165, 1.54) is 6.92 Å². The van der Waals surface area contributed by atoms with Gasteiger partial charge in [0.05, 0.1) is 34.0 Å². The van der Waals surface area contributed by atoms with Crippen LogP contribution in [0.25, 0.3) is 0 Å². The fourth-order valence-electron chi connectivity index (χ4n) is 2.57. The van der Waals surface area contributed by atoms with Crippen LogP contribution in [-0.4, -0.2) is 48.4 Å². The monoisotopic (exact) mass is 473 g/mol. The first-order valence-corrected chi connectivity index (χ1v) is 11.8.